The van der Waals surface area contributed by atoms with Crippen LogP contribution in [0.5, 0.6) is 5.75 Å². The van der Waals surface area contributed by atoms with Crippen molar-refractivity contribution in [3.63, 3.8) is 0 Å². The molecule has 0 aliphatic rings. The topological polar surface area (TPSA) is 20.2 Å². The standard InChI is InChI=1S/C15H24O/c1-6-10(3)13-8-9-14(16)15(12(13)5)11(4)7-2/h8-11,16H,6-7H2,1-5H3. The van der Waals surface area contributed by atoms with E-state index in [0.29, 0.717) is 17.6 Å². The van der Waals surface area contributed by atoms with Gasteiger partial charge in [0.15, 0.2) is 0 Å². The van der Waals surface area contributed by atoms with Gasteiger partial charge in [-0.3, -0.25) is 0 Å². The fraction of sp³-hybridized carbons (Fsp3) is 0.600. The predicted octanol–water partition coefficient (Wildman–Crippen LogP) is 4.73. The summed E-state index contributed by atoms with van der Waals surface area (Å²) >= 11 is 0. The van der Waals surface area contributed by atoms with Crippen LogP contribution >= 0.6 is 0 Å². The SMILES string of the molecule is CCC(C)c1ccc(O)c(C(C)CC)c1C. The Morgan fingerprint density at radius 3 is 2.12 bits per heavy atom. The minimum atomic E-state index is 0.434. The van der Waals surface area contributed by atoms with E-state index in [1.165, 1.54) is 11.1 Å². The fourth-order valence-corrected chi connectivity index (χ4v) is 2.31. The van der Waals surface area contributed by atoms with Gasteiger partial charge in [-0.05, 0) is 54.4 Å². The molecule has 0 bridgehead atoms. The first kappa shape index (κ1) is 13.1. The van der Waals surface area contributed by atoms with Crippen LogP contribution in [0.25, 0.3) is 0 Å². The molecular weight excluding hydrogens is 196 g/mol. The van der Waals surface area contributed by atoms with Crippen LogP contribution in [-0.2, 0) is 0 Å². The van der Waals surface area contributed by atoms with Crippen molar-refractivity contribution < 1.29 is 5.11 Å². The van der Waals surface area contributed by atoms with E-state index in [4.69, 9.17) is 0 Å². The smallest absolute Gasteiger partial charge is 0.119 e. The second-order valence-corrected chi connectivity index (χ2v) is 4.83. The van der Waals surface area contributed by atoms with Gasteiger partial charge in [0.2, 0.25) is 0 Å². The van der Waals surface area contributed by atoms with E-state index in [1.54, 1.807) is 0 Å². The summed E-state index contributed by atoms with van der Waals surface area (Å²) in [6.07, 6.45) is 2.21. The molecule has 0 fully saturated rings. The van der Waals surface area contributed by atoms with Crippen molar-refractivity contribution in [1.29, 1.82) is 0 Å². The molecule has 1 nitrogen and oxygen atoms in total. The molecule has 0 aliphatic heterocycles. The zero-order valence-electron chi connectivity index (χ0n) is 11.2. The van der Waals surface area contributed by atoms with Crippen molar-refractivity contribution in [2.24, 2.45) is 0 Å². The predicted molar refractivity (Wildman–Crippen MR) is 70.3 cm³/mol. The number of phenolic OH excluding ortho intramolecular Hbond substituents is 1. The zero-order chi connectivity index (χ0) is 12.3. The molecule has 0 saturated carbocycles. The normalized spacial score (nSPS) is 14.8. The maximum Gasteiger partial charge on any atom is 0.119 e. The highest BCUT2D eigenvalue weighted by atomic mass is 16.3. The van der Waals surface area contributed by atoms with Crippen LogP contribution in [0.4, 0.5) is 0 Å². The van der Waals surface area contributed by atoms with Crippen LogP contribution in [-0.4, -0.2) is 5.11 Å². The van der Waals surface area contributed by atoms with Gasteiger partial charge >= 0.3 is 0 Å². The number of aromatic hydroxyl groups is 1. The van der Waals surface area contributed by atoms with Gasteiger partial charge in [0, 0.05) is 0 Å². The van der Waals surface area contributed by atoms with E-state index in [2.05, 4.69) is 40.7 Å². The molecule has 0 aliphatic carbocycles. The van der Waals surface area contributed by atoms with Crippen LogP contribution in [0, 0.1) is 6.92 Å². The summed E-state index contributed by atoms with van der Waals surface area (Å²) in [6, 6.07) is 3.93. The summed E-state index contributed by atoms with van der Waals surface area (Å²) < 4.78 is 0. The molecule has 2 unspecified atom stereocenters. The molecule has 1 heteroatoms. The van der Waals surface area contributed by atoms with Crippen molar-refractivity contribution in [3.05, 3.63) is 28.8 Å². The highest BCUT2D eigenvalue weighted by molar-refractivity contribution is 5.46. The monoisotopic (exact) mass is 220 g/mol. The van der Waals surface area contributed by atoms with Crippen molar-refractivity contribution in [2.75, 3.05) is 0 Å². The number of hydrogen-bond donors (Lipinski definition) is 1. The van der Waals surface area contributed by atoms with Crippen LogP contribution < -0.4 is 0 Å². The van der Waals surface area contributed by atoms with Gasteiger partial charge < -0.3 is 5.11 Å². The summed E-state index contributed by atoms with van der Waals surface area (Å²) in [6.45, 7) is 10.9. The fourth-order valence-electron chi connectivity index (χ4n) is 2.31. The zero-order valence-corrected chi connectivity index (χ0v) is 11.2. The van der Waals surface area contributed by atoms with E-state index in [0.717, 1.165) is 18.4 Å². The summed E-state index contributed by atoms with van der Waals surface area (Å²) in [5.41, 5.74) is 3.81. The molecule has 1 aromatic rings. The quantitative estimate of drug-likeness (QED) is 0.778. The molecule has 2 atom stereocenters. The van der Waals surface area contributed by atoms with Gasteiger partial charge in [0.05, 0.1) is 0 Å². The summed E-state index contributed by atoms with van der Waals surface area (Å²) in [7, 11) is 0. The molecule has 1 aromatic carbocycles. The molecule has 0 saturated heterocycles. The Kier molecular flexibility index (Phi) is 4.40. The van der Waals surface area contributed by atoms with Gasteiger partial charge in [-0.15, -0.1) is 0 Å². The van der Waals surface area contributed by atoms with E-state index in [1.807, 2.05) is 6.07 Å². The number of rotatable bonds is 4. The third kappa shape index (κ3) is 2.40. The molecule has 90 valence electrons. The molecule has 0 spiro atoms. The molecule has 1 N–H and O–H groups in total. The van der Waals surface area contributed by atoms with E-state index in [-0.39, 0.29) is 0 Å². The molecule has 0 radical (unpaired) electrons. The van der Waals surface area contributed by atoms with Gasteiger partial charge in [-0.1, -0.05) is 33.8 Å². The maximum absolute atomic E-state index is 9.97. The van der Waals surface area contributed by atoms with Crippen molar-refractivity contribution in [2.45, 2.75) is 59.3 Å². The van der Waals surface area contributed by atoms with Crippen LogP contribution in [0.1, 0.15) is 69.1 Å². The Bertz CT molecular complexity index is 355. The lowest BCUT2D eigenvalue weighted by molar-refractivity contribution is 0.460. The third-order valence-corrected chi connectivity index (χ3v) is 3.78. The Morgan fingerprint density at radius 1 is 1.06 bits per heavy atom. The Balaban J connectivity index is 3.26. The van der Waals surface area contributed by atoms with Gasteiger partial charge in [-0.2, -0.15) is 0 Å². The Morgan fingerprint density at radius 2 is 1.62 bits per heavy atom. The molecule has 1 rings (SSSR count). The first-order valence-corrected chi connectivity index (χ1v) is 6.35. The lowest BCUT2D eigenvalue weighted by Crippen LogP contribution is -2.02. The Hall–Kier alpha value is -0.980. The van der Waals surface area contributed by atoms with Gasteiger partial charge in [-0.25, -0.2) is 0 Å². The van der Waals surface area contributed by atoms with E-state index < -0.39 is 0 Å². The van der Waals surface area contributed by atoms with Crippen LogP contribution in [0.15, 0.2) is 12.1 Å². The third-order valence-electron chi connectivity index (χ3n) is 3.78. The van der Waals surface area contributed by atoms with Crippen molar-refractivity contribution >= 4 is 0 Å². The lowest BCUT2D eigenvalue weighted by atomic mass is 9.86. The first-order valence-electron chi connectivity index (χ1n) is 6.35. The minimum Gasteiger partial charge on any atom is -0.508 e. The first-order chi connectivity index (χ1) is 7.52. The maximum atomic E-state index is 9.97. The number of phenols is 1. The largest absolute Gasteiger partial charge is 0.508 e. The molecule has 0 heterocycles. The summed E-state index contributed by atoms with van der Waals surface area (Å²) in [5, 5.41) is 9.97. The molecular formula is C15H24O. The average Bonchev–Trinajstić information content (AvgIpc) is 2.28. The molecule has 0 aromatic heterocycles. The van der Waals surface area contributed by atoms with Crippen LogP contribution in [0.2, 0.25) is 0 Å². The van der Waals surface area contributed by atoms with Gasteiger partial charge in [0.1, 0.15) is 5.75 Å². The second-order valence-electron chi connectivity index (χ2n) is 4.83. The summed E-state index contributed by atoms with van der Waals surface area (Å²) in [5.74, 6) is 1.46. The highest BCUT2D eigenvalue weighted by Crippen LogP contribution is 2.35. The second kappa shape index (κ2) is 5.38. The number of benzene rings is 1. The summed E-state index contributed by atoms with van der Waals surface area (Å²) in [4.78, 5) is 0. The number of hydrogen-bond acceptors (Lipinski definition) is 1. The van der Waals surface area contributed by atoms with Crippen LogP contribution in [0.3, 0.4) is 0 Å². The molecule has 0 amide bonds. The Labute approximate surface area is 99.5 Å². The average molecular weight is 220 g/mol. The van der Waals surface area contributed by atoms with E-state index in [9.17, 15) is 5.11 Å². The van der Waals surface area contributed by atoms with E-state index >= 15 is 0 Å². The van der Waals surface area contributed by atoms with Gasteiger partial charge in [0.25, 0.3) is 0 Å². The molecule has 16 heavy (non-hydrogen) atoms. The van der Waals surface area contributed by atoms with Crippen molar-refractivity contribution in [1.82, 2.24) is 0 Å². The van der Waals surface area contributed by atoms with Crippen molar-refractivity contribution in [3.8, 4) is 5.75 Å². The lowest BCUT2D eigenvalue weighted by Gasteiger charge is -2.20. The highest BCUT2D eigenvalue weighted by Gasteiger charge is 2.16. The minimum absolute atomic E-state index is 0.434.